The molecule has 2 saturated carbocycles. The number of ketones is 1. The number of esters is 1. The van der Waals surface area contributed by atoms with Crippen molar-refractivity contribution in [1.82, 2.24) is 0 Å². The zero-order valence-corrected chi connectivity index (χ0v) is 16.6. The molecule has 0 heterocycles. The smallest absolute Gasteiger partial charge is 0.311 e. The lowest BCUT2D eigenvalue weighted by Gasteiger charge is -2.51. The van der Waals surface area contributed by atoms with Gasteiger partial charge in [-0.05, 0) is 88.2 Å². The molecule has 4 rings (SSSR count). The van der Waals surface area contributed by atoms with Gasteiger partial charge in [-0.1, -0.05) is 19.1 Å². The minimum Gasteiger partial charge on any atom is -0.461 e. The Kier molecular flexibility index (Phi) is 4.20. The Bertz CT molecular complexity index is 680. The Hall–Kier alpha value is -1.38. The number of carbonyl (C=O) groups excluding carboxylic acids is 2. The van der Waals surface area contributed by atoms with E-state index >= 15 is 0 Å². The van der Waals surface area contributed by atoms with Gasteiger partial charge in [0.05, 0.1) is 5.41 Å². The minimum absolute atomic E-state index is 0.0541. The lowest BCUT2D eigenvalue weighted by Crippen LogP contribution is -2.47. The molecule has 142 valence electrons. The SMILES string of the molecule is CC(C)(C)C(=O)O[C@H]1CC[C@H]2[C@@H]3C=CC4=CC(=O)CC[C@@H]4[C@H]3CC[C@]12C. The standard InChI is InChI=1S/C23H32O3/c1-22(2,3)21(25)26-20-10-9-19-18-7-5-14-13-15(24)6-8-16(14)17(18)11-12-23(19,20)4/h5,7,13,16-20H,6,8-12H2,1-4H3/t16-,17+,18+,19-,20-,23-/m0/s1. The van der Waals surface area contributed by atoms with E-state index in [1.807, 2.05) is 26.8 Å². The van der Waals surface area contributed by atoms with E-state index in [2.05, 4.69) is 19.1 Å². The lowest BCUT2D eigenvalue weighted by molar-refractivity contribution is -0.167. The van der Waals surface area contributed by atoms with Crippen molar-refractivity contribution in [2.75, 3.05) is 0 Å². The van der Waals surface area contributed by atoms with Gasteiger partial charge >= 0.3 is 5.97 Å². The van der Waals surface area contributed by atoms with E-state index in [0.717, 1.165) is 25.7 Å². The number of allylic oxidation sites excluding steroid dienone is 4. The number of hydrogen-bond donors (Lipinski definition) is 0. The first-order valence-electron chi connectivity index (χ1n) is 10.3. The molecule has 3 heteroatoms. The molecule has 0 amide bonds. The van der Waals surface area contributed by atoms with E-state index in [0.29, 0.717) is 30.1 Å². The zero-order chi connectivity index (χ0) is 18.7. The van der Waals surface area contributed by atoms with Crippen molar-refractivity contribution in [3.8, 4) is 0 Å². The number of ether oxygens (including phenoxy) is 1. The van der Waals surface area contributed by atoms with Crippen LogP contribution in [0.1, 0.15) is 66.2 Å². The molecule has 0 bridgehead atoms. The first-order chi connectivity index (χ1) is 12.2. The molecule has 0 saturated heterocycles. The molecule has 0 N–H and O–H groups in total. The summed E-state index contributed by atoms with van der Waals surface area (Å²) >= 11 is 0. The summed E-state index contributed by atoms with van der Waals surface area (Å²) in [6.07, 6.45) is 12.7. The van der Waals surface area contributed by atoms with E-state index in [9.17, 15) is 9.59 Å². The molecular weight excluding hydrogens is 324 g/mol. The molecule has 0 unspecified atom stereocenters. The maximum Gasteiger partial charge on any atom is 0.311 e. The molecule has 26 heavy (non-hydrogen) atoms. The van der Waals surface area contributed by atoms with Crippen molar-refractivity contribution >= 4 is 11.8 Å². The van der Waals surface area contributed by atoms with Gasteiger partial charge in [0.25, 0.3) is 0 Å². The van der Waals surface area contributed by atoms with Crippen LogP contribution in [-0.4, -0.2) is 17.9 Å². The predicted octanol–water partition coefficient (Wildman–Crippen LogP) is 4.86. The zero-order valence-electron chi connectivity index (χ0n) is 16.6. The van der Waals surface area contributed by atoms with Crippen molar-refractivity contribution in [1.29, 1.82) is 0 Å². The van der Waals surface area contributed by atoms with E-state index in [-0.39, 0.29) is 23.3 Å². The quantitative estimate of drug-likeness (QED) is 0.630. The Morgan fingerprint density at radius 2 is 1.96 bits per heavy atom. The van der Waals surface area contributed by atoms with E-state index in [4.69, 9.17) is 4.74 Å². The highest BCUT2D eigenvalue weighted by Gasteiger charge is 2.57. The predicted molar refractivity (Wildman–Crippen MR) is 101 cm³/mol. The van der Waals surface area contributed by atoms with Gasteiger partial charge in [-0.2, -0.15) is 0 Å². The van der Waals surface area contributed by atoms with Crippen LogP contribution in [0, 0.1) is 34.5 Å². The van der Waals surface area contributed by atoms with Crippen molar-refractivity contribution in [3.05, 3.63) is 23.8 Å². The van der Waals surface area contributed by atoms with Crippen LogP contribution in [0.15, 0.2) is 23.8 Å². The van der Waals surface area contributed by atoms with Gasteiger partial charge in [0.15, 0.2) is 5.78 Å². The Balaban J connectivity index is 1.57. The average molecular weight is 357 g/mol. The average Bonchev–Trinajstić information content (AvgIpc) is 2.90. The van der Waals surface area contributed by atoms with Crippen molar-refractivity contribution in [2.45, 2.75) is 72.3 Å². The van der Waals surface area contributed by atoms with Crippen molar-refractivity contribution < 1.29 is 14.3 Å². The summed E-state index contributed by atoms with van der Waals surface area (Å²) in [6.45, 7) is 8.15. The monoisotopic (exact) mass is 356 g/mol. The Morgan fingerprint density at radius 1 is 1.19 bits per heavy atom. The molecular formula is C23H32O3. The Morgan fingerprint density at radius 3 is 2.69 bits per heavy atom. The van der Waals surface area contributed by atoms with Crippen LogP contribution in [0.2, 0.25) is 0 Å². The second kappa shape index (κ2) is 6.07. The van der Waals surface area contributed by atoms with Crippen LogP contribution in [0.25, 0.3) is 0 Å². The molecule has 0 aromatic heterocycles. The topological polar surface area (TPSA) is 43.4 Å². The van der Waals surface area contributed by atoms with Crippen LogP contribution in [0.5, 0.6) is 0 Å². The maximum atomic E-state index is 12.5. The van der Waals surface area contributed by atoms with E-state index in [1.54, 1.807) is 0 Å². The van der Waals surface area contributed by atoms with Gasteiger partial charge in [0, 0.05) is 11.8 Å². The third-order valence-electron chi connectivity index (χ3n) is 7.64. The molecule has 0 aromatic rings. The van der Waals surface area contributed by atoms with Gasteiger partial charge in [0.1, 0.15) is 6.10 Å². The van der Waals surface area contributed by atoms with Crippen LogP contribution >= 0.6 is 0 Å². The molecule has 6 atom stereocenters. The van der Waals surface area contributed by atoms with Crippen molar-refractivity contribution in [3.63, 3.8) is 0 Å². The molecule has 0 radical (unpaired) electrons. The van der Waals surface area contributed by atoms with Gasteiger partial charge in [-0.15, -0.1) is 0 Å². The highest BCUT2D eigenvalue weighted by molar-refractivity contribution is 5.91. The molecule has 2 fully saturated rings. The molecule has 0 aliphatic heterocycles. The highest BCUT2D eigenvalue weighted by atomic mass is 16.5. The van der Waals surface area contributed by atoms with E-state index < -0.39 is 5.41 Å². The van der Waals surface area contributed by atoms with Gasteiger partial charge in [-0.3, -0.25) is 9.59 Å². The minimum atomic E-state index is -0.440. The third kappa shape index (κ3) is 2.78. The summed E-state index contributed by atoms with van der Waals surface area (Å²) in [4.78, 5) is 24.2. The number of rotatable bonds is 1. The van der Waals surface area contributed by atoms with Crippen LogP contribution in [-0.2, 0) is 14.3 Å². The maximum absolute atomic E-state index is 12.5. The molecule has 4 aliphatic rings. The summed E-state index contributed by atoms with van der Waals surface area (Å²) < 4.78 is 6.03. The largest absolute Gasteiger partial charge is 0.461 e. The number of fused-ring (bicyclic) bond motifs is 5. The highest BCUT2D eigenvalue weighted by Crippen LogP contribution is 2.61. The fourth-order valence-corrected chi connectivity index (χ4v) is 6.11. The number of hydrogen-bond acceptors (Lipinski definition) is 3. The van der Waals surface area contributed by atoms with E-state index in [1.165, 1.54) is 12.0 Å². The molecule has 3 nitrogen and oxygen atoms in total. The molecule has 0 aromatic carbocycles. The summed E-state index contributed by atoms with van der Waals surface area (Å²) in [5, 5.41) is 0. The summed E-state index contributed by atoms with van der Waals surface area (Å²) in [6, 6.07) is 0. The molecule has 0 spiro atoms. The van der Waals surface area contributed by atoms with Gasteiger partial charge in [0.2, 0.25) is 0 Å². The van der Waals surface area contributed by atoms with Crippen molar-refractivity contribution in [2.24, 2.45) is 34.5 Å². The summed E-state index contributed by atoms with van der Waals surface area (Å²) in [5.74, 6) is 2.60. The lowest BCUT2D eigenvalue weighted by atomic mass is 9.54. The first kappa shape index (κ1) is 18.0. The number of carbonyl (C=O) groups is 2. The summed E-state index contributed by atoms with van der Waals surface area (Å²) in [7, 11) is 0. The second-order valence-electron chi connectivity index (χ2n) is 10.2. The fraction of sp³-hybridized carbons (Fsp3) is 0.739. The fourth-order valence-electron chi connectivity index (χ4n) is 6.11. The normalized spacial score (nSPS) is 41.8. The van der Waals surface area contributed by atoms with Crippen LogP contribution < -0.4 is 0 Å². The van der Waals surface area contributed by atoms with Crippen LogP contribution in [0.4, 0.5) is 0 Å². The third-order valence-corrected chi connectivity index (χ3v) is 7.64. The second-order valence-corrected chi connectivity index (χ2v) is 10.2. The molecule has 4 aliphatic carbocycles. The Labute approximate surface area is 157 Å². The van der Waals surface area contributed by atoms with Crippen LogP contribution in [0.3, 0.4) is 0 Å². The van der Waals surface area contributed by atoms with Gasteiger partial charge < -0.3 is 4.74 Å². The summed E-state index contributed by atoms with van der Waals surface area (Å²) in [5.41, 5.74) is 0.919. The first-order valence-corrected chi connectivity index (χ1v) is 10.3. The van der Waals surface area contributed by atoms with Gasteiger partial charge in [-0.25, -0.2) is 0 Å².